The molecule has 0 amide bonds. The molecule has 0 spiro atoms. The molecule has 0 fully saturated rings. The number of nitrogens with two attached hydrogens (primary N) is 1. The SMILES string of the molecule is CC(N)Cc1cc(C(F)F)cc2c1OCO2. The normalized spacial score (nSPS) is 15.6. The van der Waals surface area contributed by atoms with Crippen molar-refractivity contribution in [2.24, 2.45) is 5.73 Å². The molecule has 5 heteroatoms. The molecule has 1 heterocycles. The zero-order valence-electron chi connectivity index (χ0n) is 8.87. The summed E-state index contributed by atoms with van der Waals surface area (Å²) in [7, 11) is 0. The Morgan fingerprint density at radius 1 is 1.38 bits per heavy atom. The average molecular weight is 229 g/mol. The number of ether oxygens (including phenoxy) is 2. The molecular weight excluding hydrogens is 216 g/mol. The standard InChI is InChI=1S/C11H13F2NO2/c1-6(14)2-7-3-8(11(12)13)4-9-10(7)16-5-15-9/h3-4,6,11H,2,5,14H2,1H3. The van der Waals surface area contributed by atoms with Gasteiger partial charge in [-0.15, -0.1) is 0 Å². The summed E-state index contributed by atoms with van der Waals surface area (Å²) in [6, 6.07) is 2.64. The van der Waals surface area contributed by atoms with E-state index in [4.69, 9.17) is 15.2 Å². The molecule has 1 aliphatic rings. The van der Waals surface area contributed by atoms with E-state index in [0.29, 0.717) is 23.5 Å². The number of benzene rings is 1. The maximum atomic E-state index is 12.6. The number of fused-ring (bicyclic) bond motifs is 1. The van der Waals surface area contributed by atoms with Gasteiger partial charge in [0.1, 0.15) is 0 Å². The first kappa shape index (κ1) is 11.1. The molecule has 1 aromatic rings. The number of rotatable bonds is 3. The fourth-order valence-corrected chi connectivity index (χ4v) is 1.73. The Morgan fingerprint density at radius 2 is 2.12 bits per heavy atom. The predicted molar refractivity (Wildman–Crippen MR) is 54.9 cm³/mol. The first-order valence-corrected chi connectivity index (χ1v) is 5.04. The van der Waals surface area contributed by atoms with Crippen molar-refractivity contribution < 1.29 is 18.3 Å². The van der Waals surface area contributed by atoms with E-state index in [1.807, 2.05) is 6.92 Å². The average Bonchev–Trinajstić information content (AvgIpc) is 2.64. The molecule has 0 saturated carbocycles. The lowest BCUT2D eigenvalue weighted by Crippen LogP contribution is -2.18. The molecule has 0 aromatic heterocycles. The second-order valence-electron chi connectivity index (χ2n) is 3.90. The van der Waals surface area contributed by atoms with Gasteiger partial charge in [0.05, 0.1) is 0 Å². The Morgan fingerprint density at radius 3 is 2.75 bits per heavy atom. The number of alkyl halides is 2. The summed E-state index contributed by atoms with van der Waals surface area (Å²) in [4.78, 5) is 0. The van der Waals surface area contributed by atoms with E-state index in [1.165, 1.54) is 12.1 Å². The minimum absolute atomic E-state index is 0.0556. The van der Waals surface area contributed by atoms with E-state index in [-0.39, 0.29) is 18.4 Å². The van der Waals surface area contributed by atoms with E-state index >= 15 is 0 Å². The van der Waals surface area contributed by atoms with Crippen molar-refractivity contribution in [2.75, 3.05) is 6.79 Å². The highest BCUT2D eigenvalue weighted by Crippen LogP contribution is 2.39. The largest absolute Gasteiger partial charge is 0.454 e. The van der Waals surface area contributed by atoms with Crippen LogP contribution in [0.25, 0.3) is 0 Å². The summed E-state index contributed by atoms with van der Waals surface area (Å²) >= 11 is 0. The highest BCUT2D eigenvalue weighted by Gasteiger charge is 2.22. The lowest BCUT2D eigenvalue weighted by molar-refractivity contribution is 0.150. The molecule has 0 aliphatic carbocycles. The topological polar surface area (TPSA) is 44.5 Å². The van der Waals surface area contributed by atoms with Crippen molar-refractivity contribution >= 4 is 0 Å². The van der Waals surface area contributed by atoms with Gasteiger partial charge in [-0.25, -0.2) is 8.78 Å². The Labute approximate surface area is 92.1 Å². The van der Waals surface area contributed by atoms with Crippen LogP contribution in [0, 0.1) is 0 Å². The maximum Gasteiger partial charge on any atom is 0.263 e. The van der Waals surface area contributed by atoms with Crippen LogP contribution in [0.3, 0.4) is 0 Å². The Balaban J connectivity index is 2.41. The van der Waals surface area contributed by atoms with E-state index in [9.17, 15) is 8.78 Å². The second-order valence-corrected chi connectivity index (χ2v) is 3.90. The van der Waals surface area contributed by atoms with Crippen LogP contribution < -0.4 is 15.2 Å². The van der Waals surface area contributed by atoms with Gasteiger partial charge in [0.15, 0.2) is 11.5 Å². The minimum Gasteiger partial charge on any atom is -0.454 e. The molecule has 1 unspecified atom stereocenters. The summed E-state index contributed by atoms with van der Waals surface area (Å²) in [5.41, 5.74) is 6.29. The molecule has 2 rings (SSSR count). The summed E-state index contributed by atoms with van der Waals surface area (Å²) in [5.74, 6) is 0.926. The molecule has 0 radical (unpaired) electrons. The van der Waals surface area contributed by atoms with Gasteiger partial charge in [0, 0.05) is 17.2 Å². The maximum absolute atomic E-state index is 12.6. The third-order valence-electron chi connectivity index (χ3n) is 2.37. The zero-order valence-corrected chi connectivity index (χ0v) is 8.87. The van der Waals surface area contributed by atoms with Gasteiger partial charge in [0.2, 0.25) is 6.79 Å². The summed E-state index contributed by atoms with van der Waals surface area (Å²) in [6.07, 6.45) is -2.02. The van der Waals surface area contributed by atoms with Crippen LogP contribution in [0.2, 0.25) is 0 Å². The van der Waals surface area contributed by atoms with Crippen LogP contribution in [0.5, 0.6) is 11.5 Å². The highest BCUT2D eigenvalue weighted by atomic mass is 19.3. The molecule has 0 saturated heterocycles. The van der Waals surface area contributed by atoms with Gasteiger partial charge in [0.25, 0.3) is 6.43 Å². The van der Waals surface area contributed by atoms with Crippen molar-refractivity contribution in [1.82, 2.24) is 0 Å². The third-order valence-corrected chi connectivity index (χ3v) is 2.37. The van der Waals surface area contributed by atoms with Crippen LogP contribution in [-0.4, -0.2) is 12.8 Å². The van der Waals surface area contributed by atoms with Crippen LogP contribution in [0.4, 0.5) is 8.78 Å². The number of halogens is 2. The molecule has 1 atom stereocenters. The second kappa shape index (κ2) is 4.25. The van der Waals surface area contributed by atoms with Crippen molar-refractivity contribution in [3.05, 3.63) is 23.3 Å². The first-order valence-electron chi connectivity index (χ1n) is 5.04. The lowest BCUT2D eigenvalue weighted by atomic mass is 10.0. The van der Waals surface area contributed by atoms with Crippen molar-refractivity contribution in [1.29, 1.82) is 0 Å². The Kier molecular flexibility index (Phi) is 2.96. The molecule has 88 valence electrons. The molecule has 0 bridgehead atoms. The summed E-state index contributed by atoms with van der Waals surface area (Å²) in [5, 5.41) is 0. The molecule has 16 heavy (non-hydrogen) atoms. The van der Waals surface area contributed by atoms with Crippen LogP contribution in [0.15, 0.2) is 12.1 Å². The Bertz CT molecular complexity index is 394. The molecule has 1 aromatic carbocycles. The number of hydrogen-bond acceptors (Lipinski definition) is 3. The van der Waals surface area contributed by atoms with Gasteiger partial charge in [-0.2, -0.15) is 0 Å². The summed E-state index contributed by atoms with van der Waals surface area (Å²) < 4.78 is 35.6. The first-order chi connectivity index (χ1) is 7.58. The highest BCUT2D eigenvalue weighted by molar-refractivity contribution is 5.51. The molecule has 3 nitrogen and oxygen atoms in total. The third kappa shape index (κ3) is 2.09. The monoisotopic (exact) mass is 229 g/mol. The van der Waals surface area contributed by atoms with E-state index in [2.05, 4.69) is 0 Å². The fraction of sp³-hybridized carbons (Fsp3) is 0.455. The molecule has 2 N–H and O–H groups in total. The minimum atomic E-state index is -2.51. The van der Waals surface area contributed by atoms with Crippen LogP contribution in [0.1, 0.15) is 24.5 Å². The van der Waals surface area contributed by atoms with Crippen molar-refractivity contribution in [3.63, 3.8) is 0 Å². The molecule has 1 aliphatic heterocycles. The van der Waals surface area contributed by atoms with Gasteiger partial charge in [-0.05, 0) is 25.5 Å². The smallest absolute Gasteiger partial charge is 0.263 e. The lowest BCUT2D eigenvalue weighted by Gasteiger charge is -2.10. The van der Waals surface area contributed by atoms with Crippen molar-refractivity contribution in [2.45, 2.75) is 25.8 Å². The summed E-state index contributed by atoms with van der Waals surface area (Å²) in [6.45, 7) is 1.89. The fourth-order valence-electron chi connectivity index (χ4n) is 1.73. The van der Waals surface area contributed by atoms with Gasteiger partial charge in [-0.3, -0.25) is 0 Å². The van der Waals surface area contributed by atoms with Gasteiger partial charge in [-0.1, -0.05) is 0 Å². The van der Waals surface area contributed by atoms with Gasteiger partial charge < -0.3 is 15.2 Å². The Hall–Kier alpha value is -1.36. The van der Waals surface area contributed by atoms with Crippen molar-refractivity contribution in [3.8, 4) is 11.5 Å². The van der Waals surface area contributed by atoms with E-state index < -0.39 is 6.43 Å². The zero-order chi connectivity index (χ0) is 11.7. The number of hydrogen-bond donors (Lipinski definition) is 1. The molecular formula is C11H13F2NO2. The quantitative estimate of drug-likeness (QED) is 0.864. The van der Waals surface area contributed by atoms with E-state index in [0.717, 1.165) is 0 Å². The predicted octanol–water partition coefficient (Wildman–Crippen LogP) is 2.24. The van der Waals surface area contributed by atoms with E-state index in [1.54, 1.807) is 0 Å². The van der Waals surface area contributed by atoms with Crippen LogP contribution in [-0.2, 0) is 6.42 Å². The van der Waals surface area contributed by atoms with Crippen LogP contribution >= 0.6 is 0 Å². The van der Waals surface area contributed by atoms with Gasteiger partial charge >= 0.3 is 0 Å².